The van der Waals surface area contributed by atoms with E-state index in [4.69, 9.17) is 19.2 Å². The molecular weight excluding hydrogens is 578 g/mol. The van der Waals surface area contributed by atoms with Crippen LogP contribution >= 0.6 is 27.7 Å². The Balaban J connectivity index is 1.32. The zero-order valence-electron chi connectivity index (χ0n) is 22.1. The molecule has 2 heterocycles. The summed E-state index contributed by atoms with van der Waals surface area (Å²) < 4.78 is 17.9. The Kier molecular flexibility index (Phi) is 8.60. The number of hydrogen-bond donors (Lipinski definition) is 0. The number of aliphatic imine (C=N–C) groups is 1. The predicted molar refractivity (Wildman–Crippen MR) is 161 cm³/mol. The van der Waals surface area contributed by atoms with Crippen LogP contribution in [0, 0.1) is 6.92 Å². The highest BCUT2D eigenvalue weighted by molar-refractivity contribution is 9.10. The van der Waals surface area contributed by atoms with Gasteiger partial charge in [0.1, 0.15) is 6.61 Å². The van der Waals surface area contributed by atoms with Gasteiger partial charge in [-0.05, 0) is 72.3 Å². The summed E-state index contributed by atoms with van der Waals surface area (Å²) in [5, 5.41) is 0.631. The van der Waals surface area contributed by atoms with E-state index in [1.807, 2.05) is 42.5 Å². The topological polar surface area (TPSA) is 63.6 Å². The first-order valence-electron chi connectivity index (χ1n) is 12.7. The molecule has 1 amide bonds. The summed E-state index contributed by atoms with van der Waals surface area (Å²) in [6.45, 7) is 5.74. The molecule has 0 unspecified atom stereocenters. The van der Waals surface area contributed by atoms with E-state index in [1.165, 1.54) is 17.3 Å². The quantitative estimate of drug-likeness (QED) is 0.289. The second-order valence-corrected chi connectivity index (χ2v) is 11.2. The minimum absolute atomic E-state index is 0.102. The first kappa shape index (κ1) is 27.3. The first-order chi connectivity index (χ1) is 18.9. The highest BCUT2D eigenvalue weighted by Crippen LogP contribution is 2.38. The van der Waals surface area contributed by atoms with Gasteiger partial charge in [-0.15, -0.1) is 0 Å². The third-order valence-electron chi connectivity index (χ3n) is 6.50. The molecule has 0 spiro atoms. The molecular formula is C30H30BrN3O4S. The lowest BCUT2D eigenvalue weighted by atomic mass is 10.1. The number of likely N-dealkylation sites (N-methyl/N-ethyl adjacent to an activating group) is 1. The lowest BCUT2D eigenvalue weighted by Gasteiger charge is -2.28. The second kappa shape index (κ2) is 12.3. The average Bonchev–Trinajstić information content (AvgIpc) is 3.21. The summed E-state index contributed by atoms with van der Waals surface area (Å²) in [4.78, 5) is 22.3. The highest BCUT2D eigenvalue weighted by Gasteiger charge is 2.30. The number of amidine groups is 1. The monoisotopic (exact) mass is 607 g/mol. The molecule has 3 aromatic carbocycles. The molecule has 5 rings (SSSR count). The standard InChI is InChI=1S/C30H30BrN3O4S/c1-20-5-4-6-21(15-20)19-38-27-18-25(31)22(16-26(27)36-3)17-28-29(35)33(2)30(39-28)32-23-7-9-24(10-8-23)34-11-13-37-14-12-34/h4-10,15-18H,11-14,19H2,1-3H3/b28-17-,32-30?. The number of halogens is 1. The molecule has 0 bridgehead atoms. The normalized spacial score (nSPS) is 17.8. The average molecular weight is 609 g/mol. The molecule has 0 atom stereocenters. The highest BCUT2D eigenvalue weighted by atomic mass is 79.9. The van der Waals surface area contributed by atoms with Gasteiger partial charge in [0.15, 0.2) is 16.7 Å². The fourth-order valence-electron chi connectivity index (χ4n) is 4.36. The van der Waals surface area contributed by atoms with E-state index >= 15 is 0 Å². The van der Waals surface area contributed by atoms with Gasteiger partial charge >= 0.3 is 0 Å². The van der Waals surface area contributed by atoms with Crippen LogP contribution in [0.1, 0.15) is 16.7 Å². The van der Waals surface area contributed by atoms with Crippen molar-refractivity contribution in [3.8, 4) is 11.5 Å². The number of methoxy groups -OCH3 is 1. The molecule has 0 aliphatic carbocycles. The van der Waals surface area contributed by atoms with Gasteiger partial charge in [-0.2, -0.15) is 0 Å². The molecule has 7 nitrogen and oxygen atoms in total. The minimum Gasteiger partial charge on any atom is -0.493 e. The van der Waals surface area contributed by atoms with Crippen molar-refractivity contribution < 1.29 is 19.0 Å². The summed E-state index contributed by atoms with van der Waals surface area (Å²) in [7, 11) is 3.35. The molecule has 2 aliphatic heterocycles. The number of benzene rings is 3. The van der Waals surface area contributed by atoms with E-state index in [-0.39, 0.29) is 5.91 Å². The van der Waals surface area contributed by atoms with Crippen LogP contribution in [0.2, 0.25) is 0 Å². The van der Waals surface area contributed by atoms with Crippen molar-refractivity contribution in [3.05, 3.63) is 86.7 Å². The number of anilines is 1. The molecule has 2 saturated heterocycles. The second-order valence-electron chi connectivity index (χ2n) is 9.29. The van der Waals surface area contributed by atoms with Crippen LogP contribution in [0.15, 0.2) is 75.0 Å². The van der Waals surface area contributed by atoms with Crippen molar-refractivity contribution in [2.45, 2.75) is 13.5 Å². The minimum atomic E-state index is -0.102. The maximum atomic E-state index is 13.1. The number of morpholine rings is 1. The number of nitrogens with zero attached hydrogens (tertiary/aromatic N) is 3. The van der Waals surface area contributed by atoms with Crippen LogP contribution in [0.3, 0.4) is 0 Å². The van der Waals surface area contributed by atoms with Crippen molar-refractivity contribution in [2.24, 2.45) is 4.99 Å². The Morgan fingerprint density at radius 2 is 1.85 bits per heavy atom. The van der Waals surface area contributed by atoms with Crippen LogP contribution in [-0.2, 0) is 16.1 Å². The van der Waals surface area contributed by atoms with E-state index in [2.05, 4.69) is 52.0 Å². The van der Waals surface area contributed by atoms with E-state index in [0.29, 0.717) is 28.2 Å². The number of carbonyl (C=O) groups excluding carboxylic acids is 1. The van der Waals surface area contributed by atoms with Gasteiger partial charge in [-0.1, -0.05) is 45.8 Å². The summed E-state index contributed by atoms with van der Waals surface area (Å²) in [5.41, 5.74) is 5.03. The maximum absolute atomic E-state index is 13.1. The Morgan fingerprint density at radius 3 is 2.56 bits per heavy atom. The zero-order chi connectivity index (χ0) is 27.4. The number of thioether (sulfide) groups is 1. The van der Waals surface area contributed by atoms with Gasteiger partial charge in [0, 0.05) is 30.3 Å². The molecule has 3 aromatic rings. The van der Waals surface area contributed by atoms with E-state index in [1.54, 1.807) is 19.1 Å². The van der Waals surface area contributed by atoms with E-state index in [9.17, 15) is 4.79 Å². The summed E-state index contributed by atoms with van der Waals surface area (Å²) >= 11 is 4.99. The summed E-state index contributed by atoms with van der Waals surface area (Å²) in [5.74, 6) is 1.11. The molecule has 39 heavy (non-hydrogen) atoms. The molecule has 0 saturated carbocycles. The van der Waals surface area contributed by atoms with Gasteiger partial charge in [-0.3, -0.25) is 9.69 Å². The predicted octanol–water partition coefficient (Wildman–Crippen LogP) is 6.42. The van der Waals surface area contributed by atoms with Crippen LogP contribution in [0.5, 0.6) is 11.5 Å². The third kappa shape index (κ3) is 6.49. The van der Waals surface area contributed by atoms with Gasteiger partial charge in [0.25, 0.3) is 5.91 Å². The Bertz CT molecular complexity index is 1420. The SMILES string of the molecule is COc1cc(/C=C2\SC(=Nc3ccc(N4CCOCC4)cc3)N(C)C2=O)c(Br)cc1OCc1cccc(C)c1. The first-order valence-corrected chi connectivity index (χ1v) is 14.3. The number of ether oxygens (including phenoxy) is 3. The van der Waals surface area contributed by atoms with Gasteiger partial charge in [-0.25, -0.2) is 4.99 Å². The van der Waals surface area contributed by atoms with E-state index < -0.39 is 0 Å². The largest absolute Gasteiger partial charge is 0.493 e. The van der Waals surface area contributed by atoms with Gasteiger partial charge in [0.05, 0.1) is 30.9 Å². The molecule has 202 valence electrons. The molecule has 0 aromatic heterocycles. The van der Waals surface area contributed by atoms with Crippen LogP contribution in [0.4, 0.5) is 11.4 Å². The molecule has 0 N–H and O–H groups in total. The Morgan fingerprint density at radius 1 is 1.08 bits per heavy atom. The van der Waals surface area contributed by atoms with E-state index in [0.717, 1.165) is 53.3 Å². The lowest BCUT2D eigenvalue weighted by molar-refractivity contribution is -0.121. The molecule has 2 fully saturated rings. The fourth-order valence-corrected chi connectivity index (χ4v) is 5.77. The third-order valence-corrected chi connectivity index (χ3v) is 8.25. The van der Waals surface area contributed by atoms with Crippen molar-refractivity contribution in [3.63, 3.8) is 0 Å². The van der Waals surface area contributed by atoms with Crippen molar-refractivity contribution >= 4 is 56.2 Å². The number of carbonyl (C=O) groups is 1. The van der Waals surface area contributed by atoms with Gasteiger partial charge < -0.3 is 19.1 Å². The Labute approximate surface area is 241 Å². The van der Waals surface area contributed by atoms with Crippen LogP contribution in [-0.4, -0.2) is 56.4 Å². The van der Waals surface area contributed by atoms with Crippen molar-refractivity contribution in [1.29, 1.82) is 0 Å². The molecule has 2 aliphatic rings. The van der Waals surface area contributed by atoms with Gasteiger partial charge in [0.2, 0.25) is 0 Å². The summed E-state index contributed by atoms with van der Waals surface area (Å²) in [6.07, 6.45) is 1.85. The number of hydrogen-bond acceptors (Lipinski definition) is 7. The van der Waals surface area contributed by atoms with Crippen LogP contribution in [0.25, 0.3) is 6.08 Å². The summed E-state index contributed by atoms with van der Waals surface area (Å²) in [6, 6.07) is 20.0. The smallest absolute Gasteiger partial charge is 0.266 e. The molecule has 0 radical (unpaired) electrons. The van der Waals surface area contributed by atoms with Crippen molar-refractivity contribution in [2.75, 3.05) is 45.4 Å². The number of rotatable bonds is 7. The number of amides is 1. The molecule has 9 heteroatoms. The van der Waals surface area contributed by atoms with Crippen LogP contribution < -0.4 is 14.4 Å². The lowest BCUT2D eigenvalue weighted by Crippen LogP contribution is -2.36. The fraction of sp³-hybridized carbons (Fsp3) is 0.267. The Hall–Kier alpha value is -3.27. The zero-order valence-corrected chi connectivity index (χ0v) is 24.5. The number of aryl methyl sites for hydroxylation is 1. The van der Waals surface area contributed by atoms with Crippen molar-refractivity contribution in [1.82, 2.24) is 4.90 Å². The maximum Gasteiger partial charge on any atom is 0.266 e.